The van der Waals surface area contributed by atoms with Gasteiger partial charge in [-0.05, 0) is 36.5 Å². The summed E-state index contributed by atoms with van der Waals surface area (Å²) in [5, 5.41) is 4.28. The van der Waals surface area contributed by atoms with E-state index in [-0.39, 0.29) is 12.4 Å². The number of carbonyl (C=O) groups excluding carboxylic acids is 2. The Morgan fingerprint density at radius 1 is 1.33 bits per heavy atom. The fourth-order valence-corrected chi connectivity index (χ4v) is 2.81. The molecule has 1 aliphatic rings. The van der Waals surface area contributed by atoms with Crippen molar-refractivity contribution in [2.75, 3.05) is 5.73 Å². The third-order valence-electron chi connectivity index (χ3n) is 3.83. The maximum absolute atomic E-state index is 11.3. The molecule has 1 aliphatic carbocycles. The quantitative estimate of drug-likeness (QED) is 0.814. The summed E-state index contributed by atoms with van der Waals surface area (Å²) in [5.74, 6) is -0.388. The van der Waals surface area contributed by atoms with E-state index in [0.29, 0.717) is 17.5 Å². The van der Waals surface area contributed by atoms with E-state index in [4.69, 9.17) is 11.5 Å². The number of aromatic nitrogens is 2. The van der Waals surface area contributed by atoms with Crippen molar-refractivity contribution in [1.82, 2.24) is 9.78 Å². The number of benzene rings is 1. The summed E-state index contributed by atoms with van der Waals surface area (Å²) in [6.07, 6.45) is 3.95. The Bertz CT molecular complexity index is 734. The van der Waals surface area contributed by atoms with Crippen LogP contribution in [0.25, 0.3) is 11.3 Å². The van der Waals surface area contributed by atoms with Crippen molar-refractivity contribution in [2.45, 2.75) is 25.8 Å². The lowest BCUT2D eigenvalue weighted by molar-refractivity contribution is -0.118. The van der Waals surface area contributed by atoms with E-state index in [0.717, 1.165) is 24.8 Å². The Morgan fingerprint density at radius 2 is 2.10 bits per heavy atom. The van der Waals surface area contributed by atoms with E-state index in [1.165, 1.54) is 15.8 Å². The van der Waals surface area contributed by atoms with E-state index in [1.54, 1.807) is 0 Å². The number of amides is 1. The molecular weight excluding hydrogens is 268 g/mol. The molecule has 0 saturated carbocycles. The van der Waals surface area contributed by atoms with Gasteiger partial charge in [-0.25, -0.2) is 4.68 Å². The van der Waals surface area contributed by atoms with Crippen LogP contribution in [-0.2, 0) is 24.2 Å². The number of nitrogens with two attached hydrogens (primary N) is 2. The molecule has 0 saturated heterocycles. The van der Waals surface area contributed by atoms with Gasteiger partial charge in [-0.15, -0.1) is 0 Å². The molecule has 0 spiro atoms. The SMILES string of the molecule is NC(=O)Cn1nc(-c2ccc3c(c2)CCC3)c(C=O)c1N. The van der Waals surface area contributed by atoms with Crippen LogP contribution in [0.15, 0.2) is 18.2 Å². The normalized spacial score (nSPS) is 13.1. The smallest absolute Gasteiger partial charge is 0.239 e. The molecule has 1 heterocycles. The lowest BCUT2D eigenvalue weighted by Crippen LogP contribution is -2.20. The maximum atomic E-state index is 11.3. The van der Waals surface area contributed by atoms with Gasteiger partial charge in [0.05, 0.1) is 5.56 Å². The number of hydrogen-bond donors (Lipinski definition) is 2. The highest BCUT2D eigenvalue weighted by Gasteiger charge is 2.19. The van der Waals surface area contributed by atoms with Crippen LogP contribution in [0.1, 0.15) is 27.9 Å². The van der Waals surface area contributed by atoms with Gasteiger partial charge in [0.2, 0.25) is 5.91 Å². The van der Waals surface area contributed by atoms with Crippen molar-refractivity contribution < 1.29 is 9.59 Å². The van der Waals surface area contributed by atoms with E-state index in [2.05, 4.69) is 11.2 Å². The van der Waals surface area contributed by atoms with Crippen LogP contribution in [0.3, 0.4) is 0 Å². The lowest BCUT2D eigenvalue weighted by atomic mass is 10.0. The zero-order valence-corrected chi connectivity index (χ0v) is 11.5. The van der Waals surface area contributed by atoms with Crippen LogP contribution in [0, 0.1) is 0 Å². The van der Waals surface area contributed by atoms with Crippen LogP contribution >= 0.6 is 0 Å². The van der Waals surface area contributed by atoms with E-state index >= 15 is 0 Å². The zero-order valence-electron chi connectivity index (χ0n) is 11.5. The first-order valence-corrected chi connectivity index (χ1v) is 6.82. The predicted molar refractivity (Wildman–Crippen MR) is 78.7 cm³/mol. The Hall–Kier alpha value is -2.63. The summed E-state index contributed by atoms with van der Waals surface area (Å²) in [6.45, 7) is -0.141. The second-order valence-corrected chi connectivity index (χ2v) is 5.23. The molecule has 1 amide bonds. The van der Waals surface area contributed by atoms with Crippen molar-refractivity contribution in [2.24, 2.45) is 5.73 Å². The fraction of sp³-hybridized carbons (Fsp3) is 0.267. The number of aldehydes is 1. The van der Waals surface area contributed by atoms with Gasteiger partial charge in [-0.1, -0.05) is 12.1 Å². The number of anilines is 1. The van der Waals surface area contributed by atoms with Crippen LogP contribution in [0.5, 0.6) is 0 Å². The maximum Gasteiger partial charge on any atom is 0.239 e. The number of fused-ring (bicyclic) bond motifs is 1. The van der Waals surface area contributed by atoms with Crippen LogP contribution in [0.2, 0.25) is 0 Å². The second-order valence-electron chi connectivity index (χ2n) is 5.23. The third-order valence-corrected chi connectivity index (χ3v) is 3.83. The molecule has 2 aromatic rings. The highest BCUT2D eigenvalue weighted by atomic mass is 16.1. The minimum absolute atomic E-state index is 0.141. The number of nitrogens with zero attached hydrogens (tertiary/aromatic N) is 2. The largest absolute Gasteiger partial charge is 0.383 e. The van der Waals surface area contributed by atoms with Crippen molar-refractivity contribution >= 4 is 18.0 Å². The van der Waals surface area contributed by atoms with Gasteiger partial charge >= 0.3 is 0 Å². The molecule has 0 aliphatic heterocycles. The monoisotopic (exact) mass is 284 g/mol. The molecule has 1 aromatic heterocycles. The van der Waals surface area contributed by atoms with Crippen molar-refractivity contribution in [3.05, 3.63) is 34.9 Å². The van der Waals surface area contributed by atoms with E-state index in [9.17, 15) is 9.59 Å². The first kappa shape index (κ1) is 13.4. The molecule has 0 radical (unpaired) electrons. The van der Waals surface area contributed by atoms with Gasteiger partial charge in [-0.3, -0.25) is 9.59 Å². The lowest BCUT2D eigenvalue weighted by Gasteiger charge is -2.03. The Kier molecular flexibility index (Phi) is 3.21. The number of primary amides is 1. The molecule has 0 unspecified atom stereocenters. The van der Waals surface area contributed by atoms with Gasteiger partial charge in [0.15, 0.2) is 6.29 Å². The summed E-state index contributed by atoms with van der Waals surface area (Å²) in [4.78, 5) is 22.3. The van der Waals surface area contributed by atoms with Gasteiger partial charge < -0.3 is 11.5 Å². The summed E-state index contributed by atoms with van der Waals surface area (Å²) in [7, 11) is 0. The number of aryl methyl sites for hydroxylation is 2. The first-order chi connectivity index (χ1) is 10.1. The molecular formula is C15H16N4O2. The van der Waals surface area contributed by atoms with E-state index < -0.39 is 5.91 Å². The summed E-state index contributed by atoms with van der Waals surface area (Å²) in [5.41, 5.74) is 15.3. The predicted octanol–water partition coefficient (Wildman–Crippen LogP) is 0.919. The minimum atomic E-state index is -0.554. The minimum Gasteiger partial charge on any atom is -0.383 e. The molecule has 6 heteroatoms. The number of hydrogen-bond acceptors (Lipinski definition) is 4. The molecule has 3 rings (SSSR count). The summed E-state index contributed by atoms with van der Waals surface area (Å²) < 4.78 is 1.27. The average Bonchev–Trinajstić information content (AvgIpc) is 3.03. The molecule has 0 atom stereocenters. The Balaban J connectivity index is 2.09. The Labute approximate surface area is 121 Å². The molecule has 1 aromatic carbocycles. The Morgan fingerprint density at radius 3 is 2.81 bits per heavy atom. The van der Waals surface area contributed by atoms with Gasteiger partial charge in [-0.2, -0.15) is 5.10 Å². The van der Waals surface area contributed by atoms with Crippen molar-refractivity contribution in [3.63, 3.8) is 0 Å². The molecule has 0 bridgehead atoms. The van der Waals surface area contributed by atoms with Crippen molar-refractivity contribution in [3.8, 4) is 11.3 Å². The molecule has 0 fully saturated rings. The number of carbonyl (C=O) groups is 2. The zero-order chi connectivity index (χ0) is 15.0. The summed E-state index contributed by atoms with van der Waals surface area (Å²) in [6, 6.07) is 6.05. The molecule has 108 valence electrons. The fourth-order valence-electron chi connectivity index (χ4n) is 2.81. The first-order valence-electron chi connectivity index (χ1n) is 6.82. The topological polar surface area (TPSA) is 104 Å². The second kappa shape index (κ2) is 5.05. The highest BCUT2D eigenvalue weighted by molar-refractivity contribution is 5.92. The summed E-state index contributed by atoms with van der Waals surface area (Å²) >= 11 is 0. The molecule has 4 N–H and O–H groups in total. The third kappa shape index (κ3) is 2.29. The van der Waals surface area contributed by atoms with Crippen LogP contribution < -0.4 is 11.5 Å². The van der Waals surface area contributed by atoms with Crippen molar-refractivity contribution in [1.29, 1.82) is 0 Å². The number of nitrogen functional groups attached to an aromatic ring is 1. The average molecular weight is 284 g/mol. The van der Waals surface area contributed by atoms with Gasteiger partial charge in [0.1, 0.15) is 18.1 Å². The molecule has 21 heavy (non-hydrogen) atoms. The number of rotatable bonds is 4. The van der Waals surface area contributed by atoms with Gasteiger partial charge in [0, 0.05) is 5.56 Å². The standard InChI is InChI=1S/C15H16N4O2/c16-13(21)7-19-15(17)12(8-20)14(18-19)11-5-4-9-2-1-3-10(9)6-11/h4-6,8H,1-3,7,17H2,(H2,16,21). The van der Waals surface area contributed by atoms with Crippen LogP contribution in [0.4, 0.5) is 5.82 Å². The highest BCUT2D eigenvalue weighted by Crippen LogP contribution is 2.30. The molecule has 6 nitrogen and oxygen atoms in total. The van der Waals surface area contributed by atoms with Gasteiger partial charge in [0.25, 0.3) is 0 Å². The van der Waals surface area contributed by atoms with Crippen LogP contribution in [-0.4, -0.2) is 22.0 Å². The van der Waals surface area contributed by atoms with E-state index in [1.807, 2.05) is 12.1 Å².